The molecule has 0 saturated carbocycles. The van der Waals surface area contributed by atoms with E-state index in [1.54, 1.807) is 19.1 Å². The fourth-order valence-electron chi connectivity index (χ4n) is 2.28. The van der Waals surface area contributed by atoms with Crippen LogP contribution in [0.3, 0.4) is 0 Å². The number of ether oxygens (including phenoxy) is 1. The molecule has 0 bridgehead atoms. The minimum Gasteiger partial charge on any atom is -0.508 e. The van der Waals surface area contributed by atoms with Crippen molar-refractivity contribution in [2.24, 2.45) is 0 Å². The topological polar surface area (TPSA) is 55.8 Å². The highest BCUT2D eigenvalue weighted by Gasteiger charge is 2.34. The monoisotopic (exact) mass is 338 g/mol. The van der Waals surface area contributed by atoms with Gasteiger partial charge in [0.25, 0.3) is 0 Å². The maximum absolute atomic E-state index is 11.5. The molecule has 1 aromatic rings. The minimum atomic E-state index is -2.08. The maximum Gasteiger partial charge on any atom is 0.332 e. The van der Waals surface area contributed by atoms with Gasteiger partial charge in [-0.1, -0.05) is 18.7 Å². The standard InChI is InChI=1S/C16H26O4Si2/c1-13(2)16(18)19-12-22(5,6)20-21(3,4)11-14-7-9-15(17)10-8-14/h7-10,17H,1,11-12H2,2-6H3. The molecule has 0 aromatic heterocycles. The summed E-state index contributed by atoms with van der Waals surface area (Å²) in [5.74, 6) is -0.0901. The van der Waals surface area contributed by atoms with Gasteiger partial charge in [0.1, 0.15) is 12.0 Å². The molecular formula is C16H26O4Si2. The second kappa shape index (κ2) is 7.26. The Kier molecular flexibility index (Phi) is 6.16. The molecular weight excluding hydrogens is 312 g/mol. The van der Waals surface area contributed by atoms with Crippen molar-refractivity contribution in [2.75, 3.05) is 6.23 Å². The van der Waals surface area contributed by atoms with Crippen molar-refractivity contribution in [1.82, 2.24) is 0 Å². The van der Waals surface area contributed by atoms with E-state index >= 15 is 0 Å². The molecule has 0 amide bonds. The summed E-state index contributed by atoms with van der Waals surface area (Å²) in [5.41, 5.74) is 1.56. The Bertz CT molecular complexity index is 536. The molecule has 0 spiro atoms. The zero-order chi connectivity index (χ0) is 17.0. The summed E-state index contributed by atoms with van der Waals surface area (Å²) in [5, 5.41) is 9.34. The molecule has 0 aliphatic heterocycles. The van der Waals surface area contributed by atoms with Crippen LogP contribution in [0.15, 0.2) is 36.4 Å². The van der Waals surface area contributed by atoms with Gasteiger partial charge in [-0.15, -0.1) is 0 Å². The predicted octanol–water partition coefficient (Wildman–Crippen LogP) is 3.56. The van der Waals surface area contributed by atoms with Gasteiger partial charge in [0, 0.05) is 5.57 Å². The number of phenols is 1. The quantitative estimate of drug-likeness (QED) is 0.469. The van der Waals surface area contributed by atoms with Crippen LogP contribution < -0.4 is 0 Å². The van der Waals surface area contributed by atoms with Crippen LogP contribution in [-0.2, 0) is 19.7 Å². The van der Waals surface area contributed by atoms with Crippen LogP contribution in [0.2, 0.25) is 26.2 Å². The normalized spacial score (nSPS) is 12.0. The van der Waals surface area contributed by atoms with E-state index in [0.29, 0.717) is 11.8 Å². The zero-order valence-corrected chi connectivity index (χ0v) is 16.1. The molecule has 22 heavy (non-hydrogen) atoms. The summed E-state index contributed by atoms with van der Waals surface area (Å²) < 4.78 is 11.7. The first kappa shape index (κ1) is 18.7. The molecule has 6 heteroatoms. The summed E-state index contributed by atoms with van der Waals surface area (Å²) in [4.78, 5) is 11.5. The highest BCUT2D eigenvalue weighted by atomic mass is 28.4. The Morgan fingerprint density at radius 1 is 1.14 bits per heavy atom. The largest absolute Gasteiger partial charge is 0.508 e. The first-order chi connectivity index (χ1) is 10.0. The Morgan fingerprint density at radius 3 is 2.18 bits per heavy atom. The van der Waals surface area contributed by atoms with Crippen LogP contribution in [0.4, 0.5) is 0 Å². The molecule has 0 radical (unpaired) electrons. The molecule has 1 rings (SSSR count). The van der Waals surface area contributed by atoms with Gasteiger partial charge in [-0.05, 0) is 56.9 Å². The minimum absolute atomic E-state index is 0.269. The van der Waals surface area contributed by atoms with Crippen LogP contribution in [-0.4, -0.2) is 33.9 Å². The van der Waals surface area contributed by atoms with Gasteiger partial charge in [-0.3, -0.25) is 0 Å². The van der Waals surface area contributed by atoms with E-state index in [9.17, 15) is 9.90 Å². The van der Waals surface area contributed by atoms with E-state index < -0.39 is 16.6 Å². The molecule has 0 aliphatic rings. The third-order valence-corrected chi connectivity index (χ3v) is 9.54. The second-order valence-corrected chi connectivity index (χ2v) is 15.3. The fourth-order valence-corrected chi connectivity index (χ4v) is 10.5. The van der Waals surface area contributed by atoms with Gasteiger partial charge < -0.3 is 14.0 Å². The zero-order valence-electron chi connectivity index (χ0n) is 14.1. The van der Waals surface area contributed by atoms with Crippen molar-refractivity contribution >= 4 is 22.6 Å². The highest BCUT2D eigenvalue weighted by Crippen LogP contribution is 2.21. The molecule has 0 heterocycles. The number of aromatic hydroxyl groups is 1. The second-order valence-electron chi connectivity index (χ2n) is 6.82. The van der Waals surface area contributed by atoms with Crippen LogP contribution >= 0.6 is 0 Å². The van der Waals surface area contributed by atoms with Crippen molar-refractivity contribution in [3.63, 3.8) is 0 Å². The molecule has 122 valence electrons. The van der Waals surface area contributed by atoms with E-state index in [1.807, 2.05) is 12.1 Å². The van der Waals surface area contributed by atoms with Crippen LogP contribution in [0.1, 0.15) is 12.5 Å². The number of hydrogen-bond acceptors (Lipinski definition) is 4. The highest BCUT2D eigenvalue weighted by molar-refractivity contribution is 6.84. The molecule has 1 aromatic carbocycles. The Balaban J connectivity index is 2.63. The first-order valence-electron chi connectivity index (χ1n) is 7.31. The average molecular weight is 339 g/mol. The number of carbonyl (C=O) groups is 1. The van der Waals surface area contributed by atoms with Gasteiger partial charge in [-0.25, -0.2) is 4.79 Å². The molecule has 0 fully saturated rings. The third kappa shape index (κ3) is 6.59. The van der Waals surface area contributed by atoms with Gasteiger partial charge in [0.2, 0.25) is 8.32 Å². The average Bonchev–Trinajstić information content (AvgIpc) is 2.37. The van der Waals surface area contributed by atoms with Crippen LogP contribution in [0.25, 0.3) is 0 Å². The Labute approximate surface area is 135 Å². The summed E-state index contributed by atoms with van der Waals surface area (Å²) in [7, 11) is -4.01. The molecule has 0 atom stereocenters. The molecule has 0 saturated heterocycles. The molecule has 0 aliphatic carbocycles. The summed E-state index contributed by atoms with van der Waals surface area (Å²) in [6, 6.07) is 8.08. The summed E-state index contributed by atoms with van der Waals surface area (Å²) >= 11 is 0. The van der Waals surface area contributed by atoms with Crippen molar-refractivity contribution in [2.45, 2.75) is 39.2 Å². The van der Waals surface area contributed by atoms with Crippen molar-refractivity contribution in [1.29, 1.82) is 0 Å². The van der Waals surface area contributed by atoms with E-state index in [4.69, 9.17) is 8.85 Å². The fraction of sp³-hybridized carbons (Fsp3) is 0.438. The smallest absolute Gasteiger partial charge is 0.332 e. The maximum atomic E-state index is 11.5. The van der Waals surface area contributed by atoms with Crippen molar-refractivity contribution < 1.29 is 18.8 Å². The number of esters is 1. The van der Waals surface area contributed by atoms with Gasteiger partial charge in [-0.2, -0.15) is 0 Å². The first-order valence-corrected chi connectivity index (χ1v) is 13.5. The summed E-state index contributed by atoms with van der Waals surface area (Å²) in [6.45, 7) is 13.7. The lowest BCUT2D eigenvalue weighted by Gasteiger charge is -2.33. The van der Waals surface area contributed by atoms with Gasteiger partial charge in [0.15, 0.2) is 8.32 Å². The van der Waals surface area contributed by atoms with Gasteiger partial charge >= 0.3 is 5.97 Å². The van der Waals surface area contributed by atoms with Crippen molar-refractivity contribution in [3.05, 3.63) is 42.0 Å². The van der Waals surface area contributed by atoms with E-state index in [2.05, 4.69) is 32.8 Å². The molecule has 0 unspecified atom stereocenters. The SMILES string of the molecule is C=C(C)C(=O)OC[Si](C)(C)O[Si](C)(C)Cc1ccc(O)cc1. The predicted molar refractivity (Wildman–Crippen MR) is 93.6 cm³/mol. The van der Waals surface area contributed by atoms with E-state index in [0.717, 1.165) is 11.6 Å². The third-order valence-electron chi connectivity index (χ3n) is 3.02. The Hall–Kier alpha value is -1.38. The van der Waals surface area contributed by atoms with E-state index in [1.165, 1.54) is 0 Å². The lowest BCUT2D eigenvalue weighted by Crippen LogP contribution is -2.49. The molecule has 1 N–H and O–H groups in total. The Morgan fingerprint density at radius 2 is 1.68 bits per heavy atom. The van der Waals surface area contributed by atoms with E-state index in [-0.39, 0.29) is 11.7 Å². The number of rotatable bonds is 7. The number of carbonyl (C=O) groups excluding carboxylic acids is 1. The summed E-state index contributed by atoms with van der Waals surface area (Å²) in [6.07, 6.45) is 0.338. The number of benzene rings is 1. The van der Waals surface area contributed by atoms with Gasteiger partial charge in [0.05, 0.1) is 0 Å². The van der Waals surface area contributed by atoms with Crippen LogP contribution in [0, 0.1) is 0 Å². The number of hydrogen-bond donors (Lipinski definition) is 1. The lowest BCUT2D eigenvalue weighted by atomic mass is 10.2. The van der Waals surface area contributed by atoms with Crippen LogP contribution in [0.5, 0.6) is 5.75 Å². The number of phenolic OH excluding ortho intramolecular Hbond substituents is 1. The lowest BCUT2D eigenvalue weighted by molar-refractivity contribution is -0.137. The van der Waals surface area contributed by atoms with Crippen molar-refractivity contribution in [3.8, 4) is 5.75 Å². The molecule has 4 nitrogen and oxygen atoms in total.